The fraction of sp³-hybridized carbons (Fsp3) is 0.462. The quantitative estimate of drug-likeness (QED) is 0.842. The van der Waals surface area contributed by atoms with E-state index in [1.54, 1.807) is 18.2 Å². The topological polar surface area (TPSA) is 84.5 Å². The van der Waals surface area contributed by atoms with Crippen molar-refractivity contribution in [1.29, 1.82) is 0 Å². The monoisotopic (exact) mass is 332 g/mol. The summed E-state index contributed by atoms with van der Waals surface area (Å²) in [7, 11) is -1.47. The Balaban J connectivity index is 1.88. The van der Waals surface area contributed by atoms with E-state index in [9.17, 15) is 13.2 Å². The van der Waals surface area contributed by atoms with E-state index in [1.165, 1.54) is 7.11 Å². The molecule has 2 rings (SSSR count). The molecule has 0 unspecified atom stereocenters. The largest absolute Gasteiger partial charge is 0.495 e. The van der Waals surface area contributed by atoms with Crippen molar-refractivity contribution >= 4 is 33.0 Å². The van der Waals surface area contributed by atoms with Gasteiger partial charge in [-0.2, -0.15) is 0 Å². The first kappa shape index (κ1) is 15.9. The second-order valence-electron chi connectivity index (χ2n) is 4.87. The Labute approximate surface area is 128 Å². The Bertz CT molecular complexity index is 633. The van der Waals surface area contributed by atoms with Crippen molar-refractivity contribution < 1.29 is 17.9 Å². The van der Waals surface area contributed by atoms with Gasteiger partial charge in [-0.05, 0) is 24.6 Å². The number of amides is 1. The highest BCUT2D eigenvalue weighted by Gasteiger charge is 2.28. The third-order valence-electron chi connectivity index (χ3n) is 3.20. The summed E-state index contributed by atoms with van der Waals surface area (Å²) in [6.07, 6.45) is 0.467. The fourth-order valence-electron chi connectivity index (χ4n) is 2.18. The van der Waals surface area contributed by atoms with Gasteiger partial charge in [0.1, 0.15) is 5.75 Å². The van der Waals surface area contributed by atoms with Crippen molar-refractivity contribution in [2.45, 2.75) is 12.5 Å². The number of anilines is 1. The number of carbonyl (C=O) groups excluding carboxylic acids is 1. The van der Waals surface area contributed by atoms with Gasteiger partial charge in [0, 0.05) is 11.1 Å². The van der Waals surface area contributed by atoms with Crippen LogP contribution in [0.1, 0.15) is 6.42 Å². The maximum absolute atomic E-state index is 11.8. The SMILES string of the molecule is COc1ccc(Cl)cc1NCC(=O)N[C@@H]1CCS(=O)(=O)C1. The smallest absolute Gasteiger partial charge is 0.239 e. The maximum Gasteiger partial charge on any atom is 0.239 e. The van der Waals surface area contributed by atoms with Crippen LogP contribution in [0.25, 0.3) is 0 Å². The second-order valence-corrected chi connectivity index (χ2v) is 7.53. The van der Waals surface area contributed by atoms with Gasteiger partial charge in [0.05, 0.1) is 30.8 Å². The van der Waals surface area contributed by atoms with Crippen molar-refractivity contribution in [3.63, 3.8) is 0 Å². The van der Waals surface area contributed by atoms with E-state index < -0.39 is 9.84 Å². The minimum Gasteiger partial charge on any atom is -0.495 e. The molecule has 1 fully saturated rings. The molecule has 1 atom stereocenters. The summed E-state index contributed by atoms with van der Waals surface area (Å²) in [4.78, 5) is 11.8. The van der Waals surface area contributed by atoms with Crippen LogP contribution in [-0.2, 0) is 14.6 Å². The third-order valence-corrected chi connectivity index (χ3v) is 5.20. The van der Waals surface area contributed by atoms with Crippen LogP contribution in [0.15, 0.2) is 18.2 Å². The van der Waals surface area contributed by atoms with Crippen molar-refractivity contribution in [3.8, 4) is 5.75 Å². The molecule has 0 aliphatic carbocycles. The molecule has 116 valence electrons. The zero-order valence-corrected chi connectivity index (χ0v) is 13.1. The molecule has 1 heterocycles. The van der Waals surface area contributed by atoms with Gasteiger partial charge in [0.25, 0.3) is 0 Å². The lowest BCUT2D eigenvalue weighted by Gasteiger charge is -2.14. The molecule has 1 aromatic rings. The summed E-state index contributed by atoms with van der Waals surface area (Å²) in [5, 5.41) is 6.16. The van der Waals surface area contributed by atoms with Crippen molar-refractivity contribution in [2.24, 2.45) is 0 Å². The minimum atomic E-state index is -3.00. The van der Waals surface area contributed by atoms with Crippen LogP contribution in [0.4, 0.5) is 5.69 Å². The first-order valence-corrected chi connectivity index (χ1v) is 8.67. The Morgan fingerprint density at radius 3 is 2.86 bits per heavy atom. The van der Waals surface area contributed by atoms with Crippen LogP contribution >= 0.6 is 11.6 Å². The first-order chi connectivity index (χ1) is 9.89. The summed E-state index contributed by atoms with van der Waals surface area (Å²) < 4.78 is 27.8. The lowest BCUT2D eigenvalue weighted by Crippen LogP contribution is -2.39. The lowest BCUT2D eigenvalue weighted by atomic mass is 10.2. The van der Waals surface area contributed by atoms with Gasteiger partial charge in [0.2, 0.25) is 5.91 Å². The van der Waals surface area contributed by atoms with Crippen molar-refractivity contribution in [1.82, 2.24) is 5.32 Å². The molecular weight excluding hydrogens is 316 g/mol. The predicted octanol–water partition coefficient (Wildman–Crippen LogP) is 1.06. The number of nitrogens with one attached hydrogen (secondary N) is 2. The van der Waals surface area contributed by atoms with E-state index in [1.807, 2.05) is 0 Å². The molecule has 1 aliphatic rings. The molecule has 6 nitrogen and oxygen atoms in total. The Morgan fingerprint density at radius 1 is 1.48 bits per heavy atom. The summed E-state index contributed by atoms with van der Waals surface area (Å²) in [6, 6.07) is 4.75. The molecule has 0 bridgehead atoms. The zero-order valence-electron chi connectivity index (χ0n) is 11.6. The molecule has 1 aromatic carbocycles. The molecular formula is C13H17ClN2O4S. The molecule has 0 radical (unpaired) electrons. The summed E-state index contributed by atoms with van der Waals surface area (Å²) >= 11 is 5.90. The van der Waals surface area contributed by atoms with Crippen LogP contribution in [0.5, 0.6) is 5.75 Å². The normalized spacial score (nSPS) is 20.0. The summed E-state index contributed by atoms with van der Waals surface area (Å²) in [6.45, 7) is 0.0211. The molecule has 0 saturated carbocycles. The molecule has 1 amide bonds. The van der Waals surface area contributed by atoms with E-state index in [-0.39, 0.29) is 30.0 Å². The standard InChI is InChI=1S/C13H17ClN2O4S/c1-20-12-3-2-9(14)6-11(12)15-7-13(17)16-10-4-5-21(18,19)8-10/h2-3,6,10,15H,4-5,7-8H2,1H3,(H,16,17)/t10-/m1/s1. The molecule has 2 N–H and O–H groups in total. The van der Waals surface area contributed by atoms with Gasteiger partial charge in [-0.1, -0.05) is 11.6 Å². The average molecular weight is 333 g/mol. The van der Waals surface area contributed by atoms with E-state index >= 15 is 0 Å². The first-order valence-electron chi connectivity index (χ1n) is 6.47. The van der Waals surface area contributed by atoms with Gasteiger partial charge in [0.15, 0.2) is 9.84 Å². The number of benzene rings is 1. The molecule has 0 spiro atoms. The lowest BCUT2D eigenvalue weighted by molar-refractivity contribution is -0.119. The van der Waals surface area contributed by atoms with E-state index in [4.69, 9.17) is 16.3 Å². The van der Waals surface area contributed by atoms with Gasteiger partial charge in [-0.15, -0.1) is 0 Å². The molecule has 0 aromatic heterocycles. The van der Waals surface area contributed by atoms with Gasteiger partial charge in [-0.25, -0.2) is 8.42 Å². The van der Waals surface area contributed by atoms with Gasteiger partial charge >= 0.3 is 0 Å². The maximum atomic E-state index is 11.8. The number of halogens is 1. The van der Waals surface area contributed by atoms with Crippen molar-refractivity contribution in [3.05, 3.63) is 23.2 Å². The highest BCUT2D eigenvalue weighted by Crippen LogP contribution is 2.27. The number of rotatable bonds is 5. The van der Waals surface area contributed by atoms with Crippen molar-refractivity contribution in [2.75, 3.05) is 30.5 Å². The Hall–Kier alpha value is -1.47. The Kier molecular flexibility index (Phi) is 4.95. The Morgan fingerprint density at radius 2 is 2.24 bits per heavy atom. The number of methoxy groups -OCH3 is 1. The predicted molar refractivity (Wildman–Crippen MR) is 81.7 cm³/mol. The van der Waals surface area contributed by atoms with E-state index in [0.29, 0.717) is 22.9 Å². The number of sulfone groups is 1. The number of hydrogen-bond acceptors (Lipinski definition) is 5. The van der Waals surface area contributed by atoms with Crippen LogP contribution in [0.2, 0.25) is 5.02 Å². The minimum absolute atomic E-state index is 0.0131. The third kappa shape index (κ3) is 4.50. The highest BCUT2D eigenvalue weighted by atomic mass is 35.5. The molecule has 1 aliphatic heterocycles. The molecule has 8 heteroatoms. The van der Waals surface area contributed by atoms with Gasteiger partial charge in [-0.3, -0.25) is 4.79 Å². The van der Waals surface area contributed by atoms with Crippen LogP contribution in [0.3, 0.4) is 0 Å². The number of carbonyl (C=O) groups is 1. The van der Waals surface area contributed by atoms with Crippen LogP contribution < -0.4 is 15.4 Å². The molecule has 1 saturated heterocycles. The highest BCUT2D eigenvalue weighted by molar-refractivity contribution is 7.91. The fourth-order valence-corrected chi connectivity index (χ4v) is 4.03. The van der Waals surface area contributed by atoms with E-state index in [2.05, 4.69) is 10.6 Å². The second kappa shape index (κ2) is 6.53. The van der Waals surface area contributed by atoms with Crippen LogP contribution in [-0.4, -0.2) is 45.5 Å². The van der Waals surface area contributed by atoms with Crippen LogP contribution in [0, 0.1) is 0 Å². The number of ether oxygens (including phenoxy) is 1. The average Bonchev–Trinajstić information content (AvgIpc) is 2.75. The summed E-state index contributed by atoms with van der Waals surface area (Å²) in [5.41, 5.74) is 0.610. The van der Waals surface area contributed by atoms with Gasteiger partial charge < -0.3 is 15.4 Å². The van der Waals surface area contributed by atoms with E-state index in [0.717, 1.165) is 0 Å². The molecule has 21 heavy (non-hydrogen) atoms. The zero-order chi connectivity index (χ0) is 15.5. The summed E-state index contributed by atoms with van der Waals surface area (Å²) in [5.74, 6) is 0.460. The number of hydrogen-bond donors (Lipinski definition) is 2.